The first-order valence-electron chi connectivity index (χ1n) is 6.64. The number of ether oxygens (including phenoxy) is 1. The summed E-state index contributed by atoms with van der Waals surface area (Å²) in [6, 6.07) is 6.49. The van der Waals surface area contributed by atoms with E-state index in [1.807, 2.05) is 0 Å². The van der Waals surface area contributed by atoms with Crippen LogP contribution in [0.5, 0.6) is 5.75 Å². The quantitative estimate of drug-likeness (QED) is 0.866. The van der Waals surface area contributed by atoms with Crippen LogP contribution in [0.4, 0.5) is 0 Å². The van der Waals surface area contributed by atoms with Crippen LogP contribution < -0.4 is 10.1 Å². The second-order valence-electron chi connectivity index (χ2n) is 5.07. The van der Waals surface area contributed by atoms with Gasteiger partial charge in [-0.05, 0) is 63.2 Å². The monoisotopic (exact) mass is 233 g/mol. The summed E-state index contributed by atoms with van der Waals surface area (Å²) < 4.78 is 5.46. The SMILES string of the molecule is COc1ccc(C)cc1CC1CCCNCC1. The average molecular weight is 233 g/mol. The molecule has 1 unspecified atom stereocenters. The summed E-state index contributed by atoms with van der Waals surface area (Å²) in [5.74, 6) is 1.86. The number of methoxy groups -OCH3 is 1. The highest BCUT2D eigenvalue weighted by molar-refractivity contribution is 5.37. The normalized spacial score (nSPS) is 20.9. The molecular weight excluding hydrogens is 210 g/mol. The average Bonchev–Trinajstić information content (AvgIpc) is 2.58. The highest BCUT2D eigenvalue weighted by Crippen LogP contribution is 2.26. The molecule has 1 heterocycles. The smallest absolute Gasteiger partial charge is 0.122 e. The second kappa shape index (κ2) is 6.06. The molecule has 0 spiro atoms. The molecule has 1 aliphatic rings. The summed E-state index contributed by atoms with van der Waals surface area (Å²) in [4.78, 5) is 0. The molecule has 94 valence electrons. The lowest BCUT2D eigenvalue weighted by Crippen LogP contribution is -2.14. The molecule has 1 fully saturated rings. The van der Waals surface area contributed by atoms with E-state index in [1.54, 1.807) is 7.11 Å². The summed E-state index contributed by atoms with van der Waals surface area (Å²) in [5, 5.41) is 3.47. The number of rotatable bonds is 3. The Morgan fingerprint density at radius 1 is 1.29 bits per heavy atom. The zero-order valence-electron chi connectivity index (χ0n) is 11.0. The maximum Gasteiger partial charge on any atom is 0.122 e. The molecule has 2 heteroatoms. The molecule has 1 saturated heterocycles. The van der Waals surface area contributed by atoms with Crippen molar-refractivity contribution in [2.75, 3.05) is 20.2 Å². The van der Waals surface area contributed by atoms with Gasteiger partial charge in [0, 0.05) is 0 Å². The van der Waals surface area contributed by atoms with Crippen LogP contribution in [0, 0.1) is 12.8 Å². The zero-order chi connectivity index (χ0) is 12.1. The van der Waals surface area contributed by atoms with E-state index in [1.165, 1.54) is 43.5 Å². The topological polar surface area (TPSA) is 21.3 Å². The molecule has 1 aromatic rings. The van der Waals surface area contributed by atoms with E-state index in [-0.39, 0.29) is 0 Å². The van der Waals surface area contributed by atoms with Crippen molar-refractivity contribution >= 4 is 0 Å². The number of hydrogen-bond donors (Lipinski definition) is 1. The molecule has 0 aromatic heterocycles. The number of benzene rings is 1. The number of nitrogens with one attached hydrogen (secondary N) is 1. The second-order valence-corrected chi connectivity index (χ2v) is 5.07. The molecule has 0 aliphatic carbocycles. The van der Waals surface area contributed by atoms with E-state index < -0.39 is 0 Å². The van der Waals surface area contributed by atoms with Gasteiger partial charge in [-0.2, -0.15) is 0 Å². The van der Waals surface area contributed by atoms with E-state index in [0.29, 0.717) is 0 Å². The van der Waals surface area contributed by atoms with Crippen LogP contribution in [0.2, 0.25) is 0 Å². The number of hydrogen-bond acceptors (Lipinski definition) is 2. The Balaban J connectivity index is 2.07. The van der Waals surface area contributed by atoms with Crippen molar-refractivity contribution in [2.24, 2.45) is 5.92 Å². The highest BCUT2D eigenvalue weighted by atomic mass is 16.5. The Morgan fingerprint density at radius 2 is 2.18 bits per heavy atom. The molecule has 1 aliphatic heterocycles. The van der Waals surface area contributed by atoms with Gasteiger partial charge in [0.05, 0.1) is 7.11 Å². The van der Waals surface area contributed by atoms with Crippen LogP contribution in [-0.4, -0.2) is 20.2 Å². The lowest BCUT2D eigenvalue weighted by atomic mass is 9.91. The molecule has 17 heavy (non-hydrogen) atoms. The van der Waals surface area contributed by atoms with Gasteiger partial charge in [-0.3, -0.25) is 0 Å². The minimum absolute atomic E-state index is 0.806. The Bertz CT molecular complexity index is 354. The standard InChI is InChI=1S/C15H23NO/c1-12-5-6-15(17-2)14(10-12)11-13-4-3-8-16-9-7-13/h5-6,10,13,16H,3-4,7-9,11H2,1-2H3. The van der Waals surface area contributed by atoms with E-state index in [9.17, 15) is 0 Å². The van der Waals surface area contributed by atoms with Crippen LogP contribution in [0.15, 0.2) is 18.2 Å². The van der Waals surface area contributed by atoms with Gasteiger partial charge in [0.2, 0.25) is 0 Å². The number of aryl methyl sites for hydroxylation is 1. The summed E-state index contributed by atoms with van der Waals surface area (Å²) >= 11 is 0. The minimum Gasteiger partial charge on any atom is -0.496 e. The molecule has 1 atom stereocenters. The van der Waals surface area contributed by atoms with E-state index in [2.05, 4.69) is 30.4 Å². The maximum atomic E-state index is 5.46. The van der Waals surface area contributed by atoms with E-state index in [0.717, 1.165) is 18.1 Å². The third-order valence-electron chi connectivity index (χ3n) is 3.64. The van der Waals surface area contributed by atoms with Crippen molar-refractivity contribution in [3.8, 4) is 5.75 Å². The van der Waals surface area contributed by atoms with Crippen LogP contribution in [0.1, 0.15) is 30.4 Å². The molecule has 0 amide bonds. The molecular formula is C15H23NO. The molecule has 0 saturated carbocycles. The third kappa shape index (κ3) is 3.47. The van der Waals surface area contributed by atoms with Crippen molar-refractivity contribution in [3.05, 3.63) is 29.3 Å². The van der Waals surface area contributed by atoms with E-state index in [4.69, 9.17) is 4.74 Å². The summed E-state index contributed by atoms with van der Waals surface area (Å²) in [6.45, 7) is 4.50. The largest absolute Gasteiger partial charge is 0.496 e. The van der Waals surface area contributed by atoms with Crippen molar-refractivity contribution in [1.29, 1.82) is 0 Å². The van der Waals surface area contributed by atoms with Gasteiger partial charge >= 0.3 is 0 Å². The highest BCUT2D eigenvalue weighted by Gasteiger charge is 2.14. The summed E-state index contributed by atoms with van der Waals surface area (Å²) in [6.07, 6.45) is 5.09. The van der Waals surface area contributed by atoms with Crippen molar-refractivity contribution in [2.45, 2.75) is 32.6 Å². The minimum atomic E-state index is 0.806. The zero-order valence-corrected chi connectivity index (χ0v) is 11.0. The summed E-state index contributed by atoms with van der Waals surface area (Å²) in [5.41, 5.74) is 2.70. The lowest BCUT2D eigenvalue weighted by molar-refractivity contribution is 0.398. The maximum absolute atomic E-state index is 5.46. The first-order valence-corrected chi connectivity index (χ1v) is 6.64. The van der Waals surface area contributed by atoms with Crippen LogP contribution in [-0.2, 0) is 6.42 Å². The fourth-order valence-corrected chi connectivity index (χ4v) is 2.67. The Hall–Kier alpha value is -1.02. The van der Waals surface area contributed by atoms with Crippen molar-refractivity contribution in [3.63, 3.8) is 0 Å². The van der Waals surface area contributed by atoms with Crippen molar-refractivity contribution < 1.29 is 4.74 Å². The first-order chi connectivity index (χ1) is 8.29. The molecule has 2 nitrogen and oxygen atoms in total. The fourth-order valence-electron chi connectivity index (χ4n) is 2.67. The molecule has 1 aromatic carbocycles. The summed E-state index contributed by atoms with van der Waals surface area (Å²) in [7, 11) is 1.77. The van der Waals surface area contributed by atoms with Gasteiger partial charge in [-0.25, -0.2) is 0 Å². The van der Waals surface area contributed by atoms with Crippen LogP contribution >= 0.6 is 0 Å². The van der Waals surface area contributed by atoms with Gasteiger partial charge in [0.1, 0.15) is 5.75 Å². The lowest BCUT2D eigenvalue weighted by Gasteiger charge is -2.16. The van der Waals surface area contributed by atoms with Gasteiger partial charge in [-0.15, -0.1) is 0 Å². The van der Waals surface area contributed by atoms with Crippen LogP contribution in [0.3, 0.4) is 0 Å². The van der Waals surface area contributed by atoms with Gasteiger partial charge in [0.15, 0.2) is 0 Å². The molecule has 2 rings (SSSR count). The third-order valence-corrected chi connectivity index (χ3v) is 3.64. The predicted octanol–water partition coefficient (Wildman–Crippen LogP) is 2.94. The Kier molecular flexibility index (Phi) is 4.43. The Morgan fingerprint density at radius 3 is 3.00 bits per heavy atom. The van der Waals surface area contributed by atoms with Gasteiger partial charge in [-0.1, -0.05) is 17.7 Å². The molecule has 0 radical (unpaired) electrons. The molecule has 1 N–H and O–H groups in total. The predicted molar refractivity (Wildman–Crippen MR) is 71.6 cm³/mol. The fraction of sp³-hybridized carbons (Fsp3) is 0.600. The van der Waals surface area contributed by atoms with Gasteiger partial charge in [0.25, 0.3) is 0 Å². The van der Waals surface area contributed by atoms with Gasteiger partial charge < -0.3 is 10.1 Å². The van der Waals surface area contributed by atoms with Crippen molar-refractivity contribution in [1.82, 2.24) is 5.32 Å². The first kappa shape index (κ1) is 12.4. The van der Waals surface area contributed by atoms with E-state index >= 15 is 0 Å². The molecule has 0 bridgehead atoms. The Labute approximate surface area is 104 Å². The van der Waals surface area contributed by atoms with Crippen LogP contribution in [0.25, 0.3) is 0 Å².